The summed E-state index contributed by atoms with van der Waals surface area (Å²) in [5, 5.41) is 3.39. The molecule has 0 spiro atoms. The third-order valence-corrected chi connectivity index (χ3v) is 4.26. The van der Waals surface area contributed by atoms with Gasteiger partial charge in [-0.25, -0.2) is 0 Å². The lowest BCUT2D eigenvalue weighted by molar-refractivity contribution is -0.133. The second kappa shape index (κ2) is 8.53. The van der Waals surface area contributed by atoms with E-state index >= 15 is 0 Å². The number of nitrogens with zero attached hydrogens (tertiary/aromatic N) is 1. The fraction of sp³-hybridized carbons (Fsp3) is 0.263. The molecule has 5 nitrogen and oxygen atoms in total. The van der Waals surface area contributed by atoms with E-state index in [1.54, 1.807) is 25.3 Å². The first-order valence-electron chi connectivity index (χ1n) is 7.84. The number of rotatable bonds is 6. The zero-order valence-electron chi connectivity index (χ0n) is 14.5. The van der Waals surface area contributed by atoms with Crippen LogP contribution in [-0.4, -0.2) is 30.4 Å². The molecule has 0 saturated heterocycles. The van der Waals surface area contributed by atoms with Crippen LogP contribution in [0.15, 0.2) is 42.5 Å². The van der Waals surface area contributed by atoms with Crippen LogP contribution in [0.1, 0.15) is 18.1 Å². The minimum absolute atomic E-state index is 0.0344. The molecule has 0 fully saturated rings. The van der Waals surface area contributed by atoms with Gasteiger partial charge in [-0.1, -0.05) is 29.8 Å². The molecule has 0 aliphatic carbocycles. The smallest absolute Gasteiger partial charge is 0.244 e. The van der Waals surface area contributed by atoms with Crippen molar-refractivity contribution in [1.29, 1.82) is 0 Å². The lowest BCUT2D eigenvalue weighted by atomic mass is 10.2. The van der Waals surface area contributed by atoms with Gasteiger partial charge in [0.15, 0.2) is 0 Å². The number of hydrogen-bond acceptors (Lipinski definition) is 3. The molecule has 6 heteroatoms. The topological polar surface area (TPSA) is 58.6 Å². The molecule has 0 bridgehead atoms. The molecule has 0 aliphatic heterocycles. The zero-order chi connectivity index (χ0) is 18.4. The van der Waals surface area contributed by atoms with Crippen LogP contribution in [-0.2, 0) is 16.1 Å². The summed E-state index contributed by atoms with van der Waals surface area (Å²) in [6, 6.07) is 12.7. The molecule has 25 heavy (non-hydrogen) atoms. The van der Waals surface area contributed by atoms with Crippen LogP contribution >= 0.6 is 11.6 Å². The summed E-state index contributed by atoms with van der Waals surface area (Å²) in [7, 11) is 1.60. The molecule has 0 atom stereocenters. The van der Waals surface area contributed by atoms with E-state index in [4.69, 9.17) is 16.3 Å². The first-order valence-corrected chi connectivity index (χ1v) is 8.22. The molecule has 0 radical (unpaired) electrons. The van der Waals surface area contributed by atoms with Crippen molar-refractivity contribution in [2.24, 2.45) is 0 Å². The molecule has 0 saturated carbocycles. The SMILES string of the molecule is COc1ccc(CN(CC(=O)Nc2cccc(Cl)c2C)C(C)=O)cc1. The van der Waals surface area contributed by atoms with Crippen molar-refractivity contribution in [2.75, 3.05) is 19.0 Å². The van der Waals surface area contributed by atoms with Gasteiger partial charge in [0.25, 0.3) is 0 Å². The van der Waals surface area contributed by atoms with E-state index in [9.17, 15) is 9.59 Å². The molecule has 2 aromatic rings. The molecule has 0 aromatic heterocycles. The standard InChI is InChI=1S/C19H21ClN2O3/c1-13-17(20)5-4-6-18(13)21-19(24)12-22(14(2)23)11-15-7-9-16(25-3)10-8-15/h4-10H,11-12H2,1-3H3,(H,21,24). The second-order valence-corrected chi connectivity index (χ2v) is 6.09. The Labute approximate surface area is 152 Å². The average Bonchev–Trinajstić information content (AvgIpc) is 2.59. The Bertz CT molecular complexity index is 760. The number of hydrogen-bond donors (Lipinski definition) is 1. The van der Waals surface area contributed by atoms with E-state index in [1.807, 2.05) is 31.2 Å². The fourth-order valence-corrected chi connectivity index (χ4v) is 2.51. The van der Waals surface area contributed by atoms with Gasteiger partial charge in [-0.3, -0.25) is 9.59 Å². The maximum Gasteiger partial charge on any atom is 0.244 e. The first kappa shape index (κ1) is 18.8. The van der Waals surface area contributed by atoms with Gasteiger partial charge in [0.1, 0.15) is 12.3 Å². The highest BCUT2D eigenvalue weighted by Gasteiger charge is 2.15. The number of benzene rings is 2. The number of anilines is 1. The Morgan fingerprint density at radius 1 is 1.16 bits per heavy atom. The second-order valence-electron chi connectivity index (χ2n) is 5.68. The van der Waals surface area contributed by atoms with Crippen molar-refractivity contribution < 1.29 is 14.3 Å². The molecular weight excluding hydrogens is 340 g/mol. The highest BCUT2D eigenvalue weighted by molar-refractivity contribution is 6.31. The van der Waals surface area contributed by atoms with Gasteiger partial charge in [0, 0.05) is 24.2 Å². The van der Waals surface area contributed by atoms with Crippen molar-refractivity contribution in [3.8, 4) is 5.75 Å². The number of carbonyl (C=O) groups excluding carboxylic acids is 2. The summed E-state index contributed by atoms with van der Waals surface area (Å²) in [6.07, 6.45) is 0. The minimum atomic E-state index is -0.269. The lowest BCUT2D eigenvalue weighted by Gasteiger charge is -2.21. The van der Waals surface area contributed by atoms with Gasteiger partial charge in [-0.2, -0.15) is 0 Å². The highest BCUT2D eigenvalue weighted by Crippen LogP contribution is 2.23. The fourth-order valence-electron chi connectivity index (χ4n) is 2.34. The van der Waals surface area contributed by atoms with Crippen molar-refractivity contribution >= 4 is 29.1 Å². The summed E-state index contributed by atoms with van der Waals surface area (Å²) in [6.45, 7) is 3.59. The molecule has 2 amide bonds. The van der Waals surface area contributed by atoms with Crippen LogP contribution in [0.25, 0.3) is 0 Å². The van der Waals surface area contributed by atoms with Crippen molar-refractivity contribution in [3.05, 3.63) is 58.6 Å². The van der Waals surface area contributed by atoms with Gasteiger partial charge in [0.2, 0.25) is 11.8 Å². The van der Waals surface area contributed by atoms with Gasteiger partial charge in [-0.05, 0) is 42.3 Å². The van der Waals surface area contributed by atoms with Gasteiger partial charge < -0.3 is 15.0 Å². The van der Waals surface area contributed by atoms with Crippen LogP contribution < -0.4 is 10.1 Å². The predicted octanol–water partition coefficient (Wildman–Crippen LogP) is 3.64. The summed E-state index contributed by atoms with van der Waals surface area (Å²) in [4.78, 5) is 25.7. The zero-order valence-corrected chi connectivity index (χ0v) is 15.3. The summed E-state index contributed by atoms with van der Waals surface area (Å²) >= 11 is 6.06. The van der Waals surface area contributed by atoms with E-state index in [0.717, 1.165) is 16.9 Å². The molecule has 132 valence electrons. The van der Waals surface area contributed by atoms with E-state index in [-0.39, 0.29) is 18.4 Å². The summed E-state index contributed by atoms with van der Waals surface area (Å²) < 4.78 is 5.12. The van der Waals surface area contributed by atoms with Crippen molar-refractivity contribution in [2.45, 2.75) is 20.4 Å². The Balaban J connectivity index is 2.03. The molecule has 0 heterocycles. The molecular formula is C19H21ClN2O3. The van der Waals surface area contributed by atoms with Gasteiger partial charge in [-0.15, -0.1) is 0 Å². The molecule has 1 N–H and O–H groups in total. The normalized spacial score (nSPS) is 10.2. The number of methoxy groups -OCH3 is 1. The van der Waals surface area contributed by atoms with E-state index < -0.39 is 0 Å². The van der Waals surface area contributed by atoms with Crippen molar-refractivity contribution in [1.82, 2.24) is 4.90 Å². The Morgan fingerprint density at radius 3 is 2.44 bits per heavy atom. The van der Waals surface area contributed by atoms with Crippen LogP contribution in [0.2, 0.25) is 5.02 Å². The average molecular weight is 361 g/mol. The largest absolute Gasteiger partial charge is 0.497 e. The number of carbonyl (C=O) groups is 2. The maximum absolute atomic E-state index is 12.3. The number of amides is 2. The number of nitrogens with one attached hydrogen (secondary N) is 1. The third-order valence-electron chi connectivity index (χ3n) is 3.85. The predicted molar refractivity (Wildman–Crippen MR) is 98.9 cm³/mol. The third kappa shape index (κ3) is 5.22. The van der Waals surface area contributed by atoms with Crippen LogP contribution in [0.3, 0.4) is 0 Å². The van der Waals surface area contributed by atoms with Gasteiger partial charge in [0.05, 0.1) is 7.11 Å². The maximum atomic E-state index is 12.3. The molecule has 2 rings (SSSR count). The monoisotopic (exact) mass is 360 g/mol. The molecule has 2 aromatic carbocycles. The number of halogens is 1. The van der Waals surface area contributed by atoms with Crippen LogP contribution in [0.5, 0.6) is 5.75 Å². The lowest BCUT2D eigenvalue weighted by Crippen LogP contribution is -2.36. The first-order chi connectivity index (χ1) is 11.9. The summed E-state index contributed by atoms with van der Waals surface area (Å²) in [5.74, 6) is 0.301. The molecule has 0 unspecified atom stereocenters. The van der Waals surface area contributed by atoms with Crippen LogP contribution in [0, 0.1) is 6.92 Å². The van der Waals surface area contributed by atoms with Crippen LogP contribution in [0.4, 0.5) is 5.69 Å². The summed E-state index contributed by atoms with van der Waals surface area (Å²) in [5.41, 5.74) is 2.36. The Hall–Kier alpha value is -2.53. The highest BCUT2D eigenvalue weighted by atomic mass is 35.5. The quantitative estimate of drug-likeness (QED) is 0.855. The van der Waals surface area contributed by atoms with Crippen molar-refractivity contribution in [3.63, 3.8) is 0 Å². The van der Waals surface area contributed by atoms with E-state index in [1.165, 1.54) is 11.8 Å². The Morgan fingerprint density at radius 2 is 1.84 bits per heavy atom. The van der Waals surface area contributed by atoms with E-state index in [2.05, 4.69) is 5.32 Å². The Kier molecular flexibility index (Phi) is 6.42. The minimum Gasteiger partial charge on any atom is -0.497 e. The number of ether oxygens (including phenoxy) is 1. The van der Waals surface area contributed by atoms with E-state index in [0.29, 0.717) is 17.3 Å². The van der Waals surface area contributed by atoms with Gasteiger partial charge >= 0.3 is 0 Å². The molecule has 0 aliphatic rings.